The summed E-state index contributed by atoms with van der Waals surface area (Å²) in [6.07, 6.45) is 1.97. The molecule has 0 atom stereocenters. The molecule has 1 heterocycles. The highest BCUT2D eigenvalue weighted by molar-refractivity contribution is 7.98. The molecule has 0 amide bonds. The maximum atomic E-state index is 5.75. The fraction of sp³-hybridized carbons (Fsp3) is 0.500. The number of hydrogen-bond donors (Lipinski definition) is 0. The van der Waals surface area contributed by atoms with Gasteiger partial charge in [0, 0.05) is 17.0 Å². The predicted molar refractivity (Wildman–Crippen MR) is 52.8 cm³/mol. The summed E-state index contributed by atoms with van der Waals surface area (Å²) in [5.74, 6) is 0.492. The number of alkyl halides is 1. The zero-order chi connectivity index (χ0) is 9.14. The summed E-state index contributed by atoms with van der Waals surface area (Å²) >= 11 is 7.30. The second-order valence-corrected chi connectivity index (χ2v) is 3.53. The Labute approximate surface area is 81.8 Å². The minimum atomic E-state index is 0.492. The minimum absolute atomic E-state index is 0.492. The molecule has 1 rings (SSSR count). The lowest BCUT2D eigenvalue weighted by molar-refractivity contribution is 0.878. The second-order valence-electron chi connectivity index (χ2n) is 2.49. The van der Waals surface area contributed by atoms with Crippen molar-refractivity contribution in [2.75, 3.05) is 6.26 Å². The average molecular weight is 203 g/mol. The van der Waals surface area contributed by atoms with Crippen molar-refractivity contribution in [2.24, 2.45) is 0 Å². The van der Waals surface area contributed by atoms with Crippen LogP contribution in [0.25, 0.3) is 0 Å². The van der Waals surface area contributed by atoms with Gasteiger partial charge in [-0.2, -0.15) is 0 Å². The molecule has 2 nitrogen and oxygen atoms in total. The van der Waals surface area contributed by atoms with Crippen LogP contribution in [0.2, 0.25) is 0 Å². The first-order chi connectivity index (χ1) is 5.69. The lowest BCUT2D eigenvalue weighted by Gasteiger charge is -2.05. The number of thioether (sulfide) groups is 1. The van der Waals surface area contributed by atoms with Gasteiger partial charge in [0.15, 0.2) is 5.16 Å². The van der Waals surface area contributed by atoms with Crippen molar-refractivity contribution in [3.63, 3.8) is 0 Å². The van der Waals surface area contributed by atoms with Crippen LogP contribution in [0.4, 0.5) is 0 Å². The van der Waals surface area contributed by atoms with E-state index in [1.54, 1.807) is 11.8 Å². The van der Waals surface area contributed by atoms with Gasteiger partial charge in [-0.25, -0.2) is 9.97 Å². The molecule has 0 fully saturated rings. The van der Waals surface area contributed by atoms with E-state index in [-0.39, 0.29) is 0 Å². The van der Waals surface area contributed by atoms with Crippen LogP contribution in [0.5, 0.6) is 0 Å². The van der Waals surface area contributed by atoms with Crippen molar-refractivity contribution in [2.45, 2.75) is 24.9 Å². The van der Waals surface area contributed by atoms with E-state index in [1.807, 2.05) is 20.1 Å². The van der Waals surface area contributed by atoms with Crippen LogP contribution in [0.1, 0.15) is 17.0 Å². The average Bonchev–Trinajstić information content (AvgIpc) is 2.03. The largest absolute Gasteiger partial charge is 0.228 e. The van der Waals surface area contributed by atoms with E-state index in [9.17, 15) is 0 Å². The number of rotatable bonds is 2. The third-order valence-corrected chi connectivity index (χ3v) is 2.53. The molecule has 4 heteroatoms. The first-order valence-electron chi connectivity index (χ1n) is 3.63. The number of aryl methyl sites for hydroxylation is 2. The Morgan fingerprint density at radius 2 is 1.75 bits per heavy atom. The van der Waals surface area contributed by atoms with Crippen LogP contribution in [0, 0.1) is 13.8 Å². The Morgan fingerprint density at radius 3 is 2.08 bits per heavy atom. The Kier molecular flexibility index (Phi) is 3.35. The van der Waals surface area contributed by atoms with Crippen LogP contribution < -0.4 is 0 Å². The fourth-order valence-electron chi connectivity index (χ4n) is 0.993. The molecular formula is C8H11ClN2S. The van der Waals surface area contributed by atoms with Crippen LogP contribution in [-0.2, 0) is 5.88 Å². The molecule has 0 saturated carbocycles. The van der Waals surface area contributed by atoms with Crippen molar-refractivity contribution in [1.82, 2.24) is 9.97 Å². The van der Waals surface area contributed by atoms with Crippen molar-refractivity contribution < 1.29 is 0 Å². The molecule has 12 heavy (non-hydrogen) atoms. The number of halogens is 1. The third-order valence-electron chi connectivity index (χ3n) is 1.72. The van der Waals surface area contributed by atoms with E-state index in [4.69, 9.17) is 11.6 Å². The monoisotopic (exact) mass is 202 g/mol. The lowest BCUT2D eigenvalue weighted by Crippen LogP contribution is -1.99. The molecular weight excluding hydrogens is 192 g/mol. The van der Waals surface area contributed by atoms with E-state index in [0.29, 0.717) is 5.88 Å². The highest BCUT2D eigenvalue weighted by atomic mass is 35.5. The minimum Gasteiger partial charge on any atom is -0.228 e. The maximum absolute atomic E-state index is 5.75. The quantitative estimate of drug-likeness (QED) is 0.419. The Hall–Kier alpha value is -0.280. The molecule has 0 spiro atoms. The molecule has 0 saturated heterocycles. The van der Waals surface area contributed by atoms with Gasteiger partial charge in [-0.1, -0.05) is 11.8 Å². The molecule has 0 N–H and O–H groups in total. The van der Waals surface area contributed by atoms with Crippen molar-refractivity contribution >= 4 is 23.4 Å². The van der Waals surface area contributed by atoms with Gasteiger partial charge in [0.25, 0.3) is 0 Å². The highest BCUT2D eigenvalue weighted by Crippen LogP contribution is 2.16. The number of aromatic nitrogens is 2. The zero-order valence-electron chi connectivity index (χ0n) is 7.39. The van der Waals surface area contributed by atoms with Gasteiger partial charge in [0.2, 0.25) is 0 Å². The molecule has 0 aromatic carbocycles. The van der Waals surface area contributed by atoms with Gasteiger partial charge in [-0.15, -0.1) is 11.6 Å². The first-order valence-corrected chi connectivity index (χ1v) is 5.39. The van der Waals surface area contributed by atoms with Crippen LogP contribution in [-0.4, -0.2) is 16.2 Å². The lowest BCUT2D eigenvalue weighted by atomic mass is 10.2. The standard InChI is InChI=1S/C8H11ClN2S/c1-5-7(4-9)6(2)11-8(10-5)12-3/h4H2,1-3H3. The normalized spacial score (nSPS) is 10.3. The molecule has 1 aromatic rings. The molecule has 0 radical (unpaired) electrons. The molecule has 1 aromatic heterocycles. The summed E-state index contributed by atoms with van der Waals surface area (Å²) < 4.78 is 0. The zero-order valence-corrected chi connectivity index (χ0v) is 8.96. The Balaban J connectivity index is 3.18. The smallest absolute Gasteiger partial charge is 0.187 e. The third kappa shape index (κ3) is 1.90. The molecule has 66 valence electrons. The molecule has 0 aliphatic carbocycles. The van der Waals surface area contributed by atoms with Gasteiger partial charge in [0.1, 0.15) is 0 Å². The van der Waals surface area contributed by atoms with Gasteiger partial charge < -0.3 is 0 Å². The Bertz CT molecular complexity index is 265. The SMILES string of the molecule is CSc1nc(C)c(CCl)c(C)n1. The first kappa shape index (κ1) is 9.81. The summed E-state index contributed by atoms with van der Waals surface area (Å²) in [6, 6.07) is 0. The Morgan fingerprint density at radius 1 is 1.25 bits per heavy atom. The van der Waals surface area contributed by atoms with E-state index in [1.165, 1.54) is 0 Å². The molecule has 0 aliphatic heterocycles. The van der Waals surface area contributed by atoms with Gasteiger partial charge in [-0.05, 0) is 20.1 Å². The van der Waals surface area contributed by atoms with Crippen molar-refractivity contribution in [3.05, 3.63) is 17.0 Å². The summed E-state index contributed by atoms with van der Waals surface area (Å²) in [7, 11) is 0. The fourth-order valence-corrected chi connectivity index (χ4v) is 1.84. The maximum Gasteiger partial charge on any atom is 0.187 e. The summed E-state index contributed by atoms with van der Waals surface area (Å²) in [5.41, 5.74) is 3.03. The summed E-state index contributed by atoms with van der Waals surface area (Å²) in [5, 5.41) is 0.818. The van der Waals surface area contributed by atoms with Crippen molar-refractivity contribution in [3.8, 4) is 0 Å². The molecule has 0 unspecified atom stereocenters. The van der Waals surface area contributed by atoms with E-state index in [0.717, 1.165) is 22.1 Å². The second kappa shape index (κ2) is 4.10. The summed E-state index contributed by atoms with van der Waals surface area (Å²) in [4.78, 5) is 8.58. The topological polar surface area (TPSA) is 25.8 Å². The van der Waals surface area contributed by atoms with Crippen LogP contribution >= 0.6 is 23.4 Å². The van der Waals surface area contributed by atoms with Crippen LogP contribution in [0.3, 0.4) is 0 Å². The van der Waals surface area contributed by atoms with E-state index >= 15 is 0 Å². The molecule has 0 bridgehead atoms. The van der Waals surface area contributed by atoms with E-state index in [2.05, 4.69) is 9.97 Å². The number of nitrogens with zero attached hydrogens (tertiary/aromatic N) is 2. The van der Waals surface area contributed by atoms with Gasteiger partial charge in [0.05, 0.1) is 5.88 Å². The van der Waals surface area contributed by atoms with Crippen molar-refractivity contribution in [1.29, 1.82) is 0 Å². The predicted octanol–water partition coefficient (Wildman–Crippen LogP) is 2.55. The van der Waals surface area contributed by atoms with Gasteiger partial charge >= 0.3 is 0 Å². The summed E-state index contributed by atoms with van der Waals surface area (Å²) in [6.45, 7) is 3.93. The molecule has 0 aliphatic rings. The van der Waals surface area contributed by atoms with Crippen LogP contribution in [0.15, 0.2) is 5.16 Å². The highest BCUT2D eigenvalue weighted by Gasteiger charge is 2.05. The van der Waals surface area contributed by atoms with E-state index < -0.39 is 0 Å². The van der Waals surface area contributed by atoms with Gasteiger partial charge in [-0.3, -0.25) is 0 Å². The number of hydrogen-bond acceptors (Lipinski definition) is 3.